The summed E-state index contributed by atoms with van der Waals surface area (Å²) >= 11 is 3.24. The summed E-state index contributed by atoms with van der Waals surface area (Å²) in [5, 5.41) is 7.72. The summed E-state index contributed by atoms with van der Waals surface area (Å²) in [4.78, 5) is 19.0. The van der Waals surface area contributed by atoms with Crippen LogP contribution in [0.3, 0.4) is 0 Å². The SMILES string of the molecule is C=C(Br)CNc1nc2c(cnn2C(C)(C)C)c(=O)[nH]1. The molecule has 2 aromatic heterocycles. The van der Waals surface area contributed by atoms with Crippen LogP contribution >= 0.6 is 15.9 Å². The van der Waals surface area contributed by atoms with Gasteiger partial charge in [-0.15, -0.1) is 0 Å². The summed E-state index contributed by atoms with van der Waals surface area (Å²) in [6.07, 6.45) is 1.54. The Morgan fingerprint density at radius 3 is 2.84 bits per heavy atom. The molecular formula is C12H16BrN5O. The molecule has 0 radical (unpaired) electrons. The van der Waals surface area contributed by atoms with Crippen LogP contribution in [-0.2, 0) is 5.54 Å². The monoisotopic (exact) mass is 325 g/mol. The lowest BCUT2D eigenvalue weighted by atomic mass is 10.1. The van der Waals surface area contributed by atoms with Gasteiger partial charge in [0.1, 0.15) is 5.39 Å². The second kappa shape index (κ2) is 4.80. The molecule has 0 fully saturated rings. The summed E-state index contributed by atoms with van der Waals surface area (Å²) in [6.45, 7) is 10.2. The molecule has 0 aliphatic heterocycles. The fourth-order valence-electron chi connectivity index (χ4n) is 1.67. The Morgan fingerprint density at radius 2 is 2.26 bits per heavy atom. The maximum absolute atomic E-state index is 12.0. The van der Waals surface area contributed by atoms with Gasteiger partial charge in [0.2, 0.25) is 5.95 Å². The number of aromatic amines is 1. The number of hydrogen-bond donors (Lipinski definition) is 2. The third-order valence-electron chi connectivity index (χ3n) is 2.52. The van der Waals surface area contributed by atoms with Crippen molar-refractivity contribution in [2.75, 3.05) is 11.9 Å². The van der Waals surface area contributed by atoms with Crippen molar-refractivity contribution in [1.82, 2.24) is 19.7 Å². The molecule has 0 bridgehead atoms. The third-order valence-corrected chi connectivity index (χ3v) is 2.80. The highest BCUT2D eigenvalue weighted by Crippen LogP contribution is 2.18. The summed E-state index contributed by atoms with van der Waals surface area (Å²) in [7, 11) is 0. The van der Waals surface area contributed by atoms with Crippen LogP contribution in [-0.4, -0.2) is 26.3 Å². The summed E-state index contributed by atoms with van der Waals surface area (Å²) < 4.78 is 2.52. The van der Waals surface area contributed by atoms with Gasteiger partial charge >= 0.3 is 0 Å². The minimum atomic E-state index is -0.237. The van der Waals surface area contributed by atoms with Crippen LogP contribution < -0.4 is 10.9 Å². The standard InChI is InChI=1S/C12H16BrN5O/c1-7(13)5-14-11-16-9-8(10(19)17-11)6-15-18(9)12(2,3)4/h6H,1,5H2,2-4H3,(H2,14,16,17,19). The first kappa shape index (κ1) is 13.8. The van der Waals surface area contributed by atoms with E-state index in [0.717, 1.165) is 4.48 Å². The fourth-order valence-corrected chi connectivity index (χ4v) is 1.81. The van der Waals surface area contributed by atoms with Crippen LogP contribution in [0, 0.1) is 0 Å². The van der Waals surface area contributed by atoms with E-state index in [0.29, 0.717) is 23.5 Å². The molecule has 2 aromatic rings. The van der Waals surface area contributed by atoms with Gasteiger partial charge in [0.05, 0.1) is 11.7 Å². The van der Waals surface area contributed by atoms with Crippen LogP contribution in [0.25, 0.3) is 11.0 Å². The number of fused-ring (bicyclic) bond motifs is 1. The quantitative estimate of drug-likeness (QED) is 0.907. The minimum absolute atomic E-state index is 0.205. The van der Waals surface area contributed by atoms with Crippen molar-refractivity contribution in [3.05, 3.63) is 27.6 Å². The Balaban J connectivity index is 2.53. The first-order valence-electron chi connectivity index (χ1n) is 5.85. The maximum Gasteiger partial charge on any atom is 0.263 e. The minimum Gasteiger partial charge on any atom is -0.351 e. The van der Waals surface area contributed by atoms with Crippen LogP contribution in [0.2, 0.25) is 0 Å². The Kier molecular flexibility index (Phi) is 3.49. The summed E-state index contributed by atoms with van der Waals surface area (Å²) in [5.41, 5.74) is 0.126. The molecule has 0 amide bonds. The van der Waals surface area contributed by atoms with E-state index in [1.807, 2.05) is 20.8 Å². The zero-order valence-corrected chi connectivity index (χ0v) is 12.7. The molecular weight excluding hydrogens is 310 g/mol. The Hall–Kier alpha value is -1.63. The van der Waals surface area contributed by atoms with E-state index < -0.39 is 0 Å². The van der Waals surface area contributed by atoms with E-state index in [1.54, 1.807) is 10.9 Å². The topological polar surface area (TPSA) is 75.6 Å². The van der Waals surface area contributed by atoms with Crippen molar-refractivity contribution in [2.45, 2.75) is 26.3 Å². The Morgan fingerprint density at radius 1 is 1.58 bits per heavy atom. The second-order valence-electron chi connectivity index (χ2n) is 5.25. The van der Waals surface area contributed by atoms with E-state index in [9.17, 15) is 4.79 Å². The van der Waals surface area contributed by atoms with Crippen molar-refractivity contribution in [2.24, 2.45) is 0 Å². The Labute approximate surface area is 119 Å². The molecule has 2 rings (SSSR count). The van der Waals surface area contributed by atoms with Crippen LogP contribution in [0.15, 0.2) is 22.1 Å². The normalized spacial score (nSPS) is 11.8. The van der Waals surface area contributed by atoms with E-state index in [4.69, 9.17) is 0 Å². The zero-order chi connectivity index (χ0) is 14.2. The number of hydrogen-bond acceptors (Lipinski definition) is 4. The summed E-state index contributed by atoms with van der Waals surface area (Å²) in [6, 6.07) is 0. The number of nitrogens with one attached hydrogen (secondary N) is 2. The largest absolute Gasteiger partial charge is 0.351 e. The molecule has 7 heteroatoms. The maximum atomic E-state index is 12.0. The molecule has 102 valence electrons. The van der Waals surface area contributed by atoms with Gasteiger partial charge < -0.3 is 5.32 Å². The van der Waals surface area contributed by atoms with Gasteiger partial charge in [-0.3, -0.25) is 9.78 Å². The molecule has 6 nitrogen and oxygen atoms in total. The first-order valence-corrected chi connectivity index (χ1v) is 6.64. The average Bonchev–Trinajstić information content (AvgIpc) is 2.70. The number of halogens is 1. The van der Waals surface area contributed by atoms with Gasteiger partial charge in [-0.05, 0) is 20.8 Å². The number of anilines is 1. The molecule has 0 aliphatic rings. The smallest absolute Gasteiger partial charge is 0.263 e. The fraction of sp³-hybridized carbons (Fsp3) is 0.417. The van der Waals surface area contributed by atoms with Crippen molar-refractivity contribution in [1.29, 1.82) is 0 Å². The molecule has 2 N–H and O–H groups in total. The van der Waals surface area contributed by atoms with Gasteiger partial charge in [0.25, 0.3) is 5.56 Å². The van der Waals surface area contributed by atoms with Gasteiger partial charge in [0.15, 0.2) is 5.65 Å². The van der Waals surface area contributed by atoms with Crippen molar-refractivity contribution in [3.8, 4) is 0 Å². The lowest BCUT2D eigenvalue weighted by Gasteiger charge is -2.19. The third kappa shape index (κ3) is 2.86. The lowest BCUT2D eigenvalue weighted by molar-refractivity contribution is 0.366. The molecule has 0 aromatic carbocycles. The van der Waals surface area contributed by atoms with Gasteiger partial charge in [-0.1, -0.05) is 22.5 Å². The average molecular weight is 326 g/mol. The number of rotatable bonds is 3. The highest BCUT2D eigenvalue weighted by atomic mass is 79.9. The molecule has 0 saturated heterocycles. The second-order valence-corrected chi connectivity index (χ2v) is 6.37. The van der Waals surface area contributed by atoms with Crippen LogP contribution in [0.5, 0.6) is 0 Å². The van der Waals surface area contributed by atoms with Crippen molar-refractivity contribution in [3.63, 3.8) is 0 Å². The molecule has 0 atom stereocenters. The number of nitrogens with zero attached hydrogens (tertiary/aromatic N) is 3. The summed E-state index contributed by atoms with van der Waals surface area (Å²) in [5.74, 6) is 0.407. The van der Waals surface area contributed by atoms with Crippen molar-refractivity contribution >= 4 is 32.9 Å². The van der Waals surface area contributed by atoms with Crippen LogP contribution in [0.1, 0.15) is 20.8 Å². The predicted octanol–water partition coefficient (Wildman–Crippen LogP) is 2.20. The lowest BCUT2D eigenvalue weighted by Crippen LogP contribution is -2.24. The number of H-pyrrole nitrogens is 1. The van der Waals surface area contributed by atoms with Gasteiger partial charge in [0, 0.05) is 11.0 Å². The van der Waals surface area contributed by atoms with E-state index in [2.05, 4.69) is 42.9 Å². The highest BCUT2D eigenvalue weighted by Gasteiger charge is 2.19. The zero-order valence-electron chi connectivity index (χ0n) is 11.1. The molecule has 0 unspecified atom stereocenters. The molecule has 19 heavy (non-hydrogen) atoms. The number of aromatic nitrogens is 4. The van der Waals surface area contributed by atoms with Crippen molar-refractivity contribution < 1.29 is 0 Å². The van der Waals surface area contributed by atoms with E-state index in [-0.39, 0.29) is 11.1 Å². The predicted molar refractivity (Wildman–Crippen MR) is 79.7 cm³/mol. The molecule has 2 heterocycles. The first-order chi connectivity index (χ1) is 8.79. The molecule has 0 spiro atoms. The molecule has 0 aliphatic carbocycles. The van der Waals surface area contributed by atoms with E-state index >= 15 is 0 Å². The van der Waals surface area contributed by atoms with Crippen LogP contribution in [0.4, 0.5) is 5.95 Å². The van der Waals surface area contributed by atoms with Gasteiger partial charge in [-0.2, -0.15) is 10.1 Å². The van der Waals surface area contributed by atoms with Gasteiger partial charge in [-0.25, -0.2) is 4.68 Å². The Bertz CT molecular complexity index is 679. The highest BCUT2D eigenvalue weighted by molar-refractivity contribution is 9.11. The molecule has 0 saturated carbocycles. The van der Waals surface area contributed by atoms with E-state index in [1.165, 1.54) is 0 Å².